The molecule has 2 aromatic rings. The van der Waals surface area contributed by atoms with Crippen LogP contribution in [0.1, 0.15) is 22.7 Å². The van der Waals surface area contributed by atoms with Crippen molar-refractivity contribution in [3.63, 3.8) is 0 Å². The van der Waals surface area contributed by atoms with Gasteiger partial charge in [-0.25, -0.2) is 4.39 Å². The molecule has 2 aromatic carbocycles. The van der Waals surface area contributed by atoms with E-state index in [0.29, 0.717) is 6.42 Å². The molecule has 0 aliphatic heterocycles. The Morgan fingerprint density at radius 2 is 2.05 bits per heavy atom. The largest absolute Gasteiger partial charge is 0.496 e. The molecule has 2 rings (SSSR count). The third-order valence-corrected chi connectivity index (χ3v) is 3.68. The number of nitrogens with one attached hydrogen (secondary N) is 1. The van der Waals surface area contributed by atoms with E-state index in [4.69, 9.17) is 22.2 Å². The summed E-state index contributed by atoms with van der Waals surface area (Å²) >= 11 is 5.81. The number of hydrazine groups is 1. The van der Waals surface area contributed by atoms with Crippen molar-refractivity contribution in [1.82, 2.24) is 5.43 Å². The van der Waals surface area contributed by atoms with E-state index < -0.39 is 5.82 Å². The van der Waals surface area contributed by atoms with Crippen molar-refractivity contribution in [2.75, 3.05) is 7.11 Å². The van der Waals surface area contributed by atoms with E-state index in [1.807, 2.05) is 25.1 Å². The smallest absolute Gasteiger partial charge is 0.141 e. The maximum absolute atomic E-state index is 13.2. The van der Waals surface area contributed by atoms with Crippen LogP contribution in [-0.4, -0.2) is 7.11 Å². The predicted molar refractivity (Wildman–Crippen MR) is 82.9 cm³/mol. The number of ether oxygens (including phenoxy) is 1. The second kappa shape index (κ2) is 6.89. The topological polar surface area (TPSA) is 47.3 Å². The third kappa shape index (κ3) is 3.73. The Hall–Kier alpha value is -1.62. The zero-order valence-electron chi connectivity index (χ0n) is 12.0. The van der Waals surface area contributed by atoms with Gasteiger partial charge < -0.3 is 4.74 Å². The van der Waals surface area contributed by atoms with Gasteiger partial charge in [0.25, 0.3) is 0 Å². The first-order valence-electron chi connectivity index (χ1n) is 6.59. The van der Waals surface area contributed by atoms with Crippen LogP contribution in [0.4, 0.5) is 4.39 Å². The zero-order chi connectivity index (χ0) is 15.4. The number of rotatable bonds is 5. The first kappa shape index (κ1) is 15.8. The number of nitrogens with two attached hydrogens (primary N) is 1. The van der Waals surface area contributed by atoms with Gasteiger partial charge in [-0.05, 0) is 42.7 Å². The fraction of sp³-hybridized carbons (Fsp3) is 0.250. The molecule has 0 aliphatic rings. The van der Waals surface area contributed by atoms with Crippen LogP contribution in [0.25, 0.3) is 0 Å². The summed E-state index contributed by atoms with van der Waals surface area (Å²) in [5.41, 5.74) is 5.73. The Bertz CT molecular complexity index is 634. The molecular weight excluding hydrogens is 291 g/mol. The molecule has 0 bridgehead atoms. The highest BCUT2D eigenvalue weighted by molar-refractivity contribution is 6.30. The van der Waals surface area contributed by atoms with Gasteiger partial charge in [-0.15, -0.1) is 0 Å². The lowest BCUT2D eigenvalue weighted by molar-refractivity contribution is 0.398. The molecule has 0 fully saturated rings. The van der Waals surface area contributed by atoms with E-state index in [1.54, 1.807) is 19.2 Å². The molecule has 1 atom stereocenters. The minimum Gasteiger partial charge on any atom is -0.496 e. The Morgan fingerprint density at radius 3 is 2.67 bits per heavy atom. The molecule has 1 unspecified atom stereocenters. The van der Waals surface area contributed by atoms with E-state index in [0.717, 1.165) is 22.4 Å². The van der Waals surface area contributed by atoms with E-state index in [-0.39, 0.29) is 11.1 Å². The van der Waals surface area contributed by atoms with E-state index in [1.165, 1.54) is 6.07 Å². The Kier molecular flexibility index (Phi) is 5.17. The van der Waals surface area contributed by atoms with Crippen LogP contribution in [0, 0.1) is 12.7 Å². The van der Waals surface area contributed by atoms with Crippen molar-refractivity contribution < 1.29 is 9.13 Å². The first-order chi connectivity index (χ1) is 10.0. The molecule has 0 heterocycles. The summed E-state index contributed by atoms with van der Waals surface area (Å²) in [4.78, 5) is 0. The lowest BCUT2D eigenvalue weighted by Crippen LogP contribution is -2.30. The fourth-order valence-electron chi connectivity index (χ4n) is 2.27. The van der Waals surface area contributed by atoms with Crippen LogP contribution in [0.3, 0.4) is 0 Å². The van der Waals surface area contributed by atoms with Gasteiger partial charge in [0.05, 0.1) is 18.2 Å². The van der Waals surface area contributed by atoms with Gasteiger partial charge in [-0.1, -0.05) is 29.8 Å². The average Bonchev–Trinajstić information content (AvgIpc) is 2.48. The van der Waals surface area contributed by atoms with Crippen molar-refractivity contribution in [1.29, 1.82) is 0 Å². The van der Waals surface area contributed by atoms with Gasteiger partial charge in [0.1, 0.15) is 11.6 Å². The van der Waals surface area contributed by atoms with Gasteiger partial charge in [0, 0.05) is 5.56 Å². The van der Waals surface area contributed by atoms with Crippen molar-refractivity contribution in [3.8, 4) is 5.75 Å². The molecule has 0 aromatic heterocycles. The van der Waals surface area contributed by atoms with Gasteiger partial charge in [0.15, 0.2) is 0 Å². The number of benzene rings is 2. The molecule has 0 saturated heterocycles. The third-order valence-electron chi connectivity index (χ3n) is 3.39. The van der Waals surface area contributed by atoms with Gasteiger partial charge in [-0.3, -0.25) is 11.3 Å². The SMILES string of the molecule is COc1cc(C)ccc1C(Cc1ccc(F)c(Cl)c1)NN. The Morgan fingerprint density at radius 1 is 1.29 bits per heavy atom. The van der Waals surface area contributed by atoms with Crippen molar-refractivity contribution in [3.05, 3.63) is 63.9 Å². The van der Waals surface area contributed by atoms with Crippen molar-refractivity contribution >= 4 is 11.6 Å². The molecule has 112 valence electrons. The summed E-state index contributed by atoms with van der Waals surface area (Å²) in [6.45, 7) is 2.00. The summed E-state index contributed by atoms with van der Waals surface area (Å²) < 4.78 is 18.6. The molecule has 0 saturated carbocycles. The molecule has 0 amide bonds. The maximum atomic E-state index is 13.2. The highest BCUT2D eigenvalue weighted by Gasteiger charge is 2.16. The van der Waals surface area contributed by atoms with Crippen molar-refractivity contribution in [2.45, 2.75) is 19.4 Å². The summed E-state index contributed by atoms with van der Waals surface area (Å²) in [6, 6.07) is 10.5. The standard InChI is InChI=1S/C16H18ClFN2O/c1-10-3-5-12(16(7-10)21-2)15(20-19)9-11-4-6-14(18)13(17)8-11/h3-8,15,20H,9,19H2,1-2H3. The summed E-state index contributed by atoms with van der Waals surface area (Å²) in [5, 5.41) is 0.110. The number of halogens is 2. The van der Waals surface area contributed by atoms with E-state index in [2.05, 4.69) is 5.43 Å². The van der Waals surface area contributed by atoms with Gasteiger partial charge in [0.2, 0.25) is 0 Å². The van der Waals surface area contributed by atoms with Crippen molar-refractivity contribution in [2.24, 2.45) is 5.84 Å². The van der Waals surface area contributed by atoms with Gasteiger partial charge >= 0.3 is 0 Å². The minimum atomic E-state index is -0.425. The summed E-state index contributed by atoms with van der Waals surface area (Å²) in [6.07, 6.45) is 0.579. The Balaban J connectivity index is 2.29. The maximum Gasteiger partial charge on any atom is 0.141 e. The molecular formula is C16H18ClFN2O. The molecule has 21 heavy (non-hydrogen) atoms. The average molecular weight is 309 g/mol. The normalized spacial score (nSPS) is 12.2. The van der Waals surface area contributed by atoms with Crippen LogP contribution >= 0.6 is 11.6 Å². The molecule has 3 N–H and O–H groups in total. The van der Waals surface area contributed by atoms with Gasteiger partial charge in [-0.2, -0.15) is 0 Å². The lowest BCUT2D eigenvalue weighted by Gasteiger charge is -2.20. The number of hydrogen-bond donors (Lipinski definition) is 2. The zero-order valence-corrected chi connectivity index (χ0v) is 12.7. The number of methoxy groups -OCH3 is 1. The highest BCUT2D eigenvalue weighted by Crippen LogP contribution is 2.29. The fourth-order valence-corrected chi connectivity index (χ4v) is 2.47. The number of hydrogen-bond acceptors (Lipinski definition) is 3. The molecule has 0 radical (unpaired) electrons. The quantitative estimate of drug-likeness (QED) is 0.656. The van der Waals surface area contributed by atoms with Crippen LogP contribution in [0.5, 0.6) is 5.75 Å². The lowest BCUT2D eigenvalue weighted by atomic mass is 9.97. The van der Waals surface area contributed by atoms with Crippen LogP contribution in [-0.2, 0) is 6.42 Å². The predicted octanol–water partition coefficient (Wildman–Crippen LogP) is 3.54. The van der Waals surface area contributed by atoms with E-state index >= 15 is 0 Å². The van der Waals surface area contributed by atoms with Crippen LogP contribution in [0.2, 0.25) is 5.02 Å². The number of aryl methyl sites for hydroxylation is 1. The molecule has 3 nitrogen and oxygen atoms in total. The molecule has 5 heteroatoms. The monoisotopic (exact) mass is 308 g/mol. The van der Waals surface area contributed by atoms with Crippen LogP contribution in [0.15, 0.2) is 36.4 Å². The molecule has 0 aliphatic carbocycles. The summed E-state index contributed by atoms with van der Waals surface area (Å²) in [5.74, 6) is 6.01. The second-order valence-electron chi connectivity index (χ2n) is 4.92. The summed E-state index contributed by atoms with van der Waals surface area (Å²) in [7, 11) is 1.63. The highest BCUT2D eigenvalue weighted by atomic mass is 35.5. The first-order valence-corrected chi connectivity index (χ1v) is 6.97. The minimum absolute atomic E-state index is 0.110. The van der Waals surface area contributed by atoms with E-state index in [9.17, 15) is 4.39 Å². The Labute approximate surface area is 128 Å². The second-order valence-corrected chi connectivity index (χ2v) is 5.32. The molecule has 0 spiro atoms. The van der Waals surface area contributed by atoms with Crippen LogP contribution < -0.4 is 16.0 Å².